The average Bonchev–Trinajstić information content (AvgIpc) is 2.41. The van der Waals surface area contributed by atoms with Gasteiger partial charge in [-0.3, -0.25) is 0 Å². The van der Waals surface area contributed by atoms with Gasteiger partial charge in [0.1, 0.15) is 0 Å². The van der Waals surface area contributed by atoms with Gasteiger partial charge >= 0.3 is 0 Å². The minimum atomic E-state index is -0.377. The molecule has 0 aromatic rings. The van der Waals surface area contributed by atoms with E-state index in [9.17, 15) is 10.2 Å². The fraction of sp³-hybridized carbons (Fsp3) is 1.00. The van der Waals surface area contributed by atoms with Gasteiger partial charge in [0.2, 0.25) is 0 Å². The zero-order chi connectivity index (χ0) is 17.2. The lowest BCUT2D eigenvalue weighted by Crippen LogP contribution is -2.20. The Morgan fingerprint density at radius 2 is 0.909 bits per heavy atom. The van der Waals surface area contributed by atoms with Gasteiger partial charge < -0.3 is 20.4 Å². The maximum absolute atomic E-state index is 10.0. The number of hydrogen-bond donors (Lipinski definition) is 4. The van der Waals surface area contributed by atoms with Crippen molar-refractivity contribution in [3.8, 4) is 0 Å². The standard InChI is InChI=1S/C18H38O4/c1-17(2,11-13-19)9-7-15(21)5-6-16(22)8-10-18(3,4)12-14-20/h15-16,19-22H,5-14H2,1-4H3. The second-order valence-electron chi connectivity index (χ2n) is 8.24. The molecule has 0 rings (SSSR count). The number of aliphatic hydroxyl groups excluding tert-OH is 4. The molecule has 0 spiro atoms. The van der Waals surface area contributed by atoms with Gasteiger partial charge in [0.15, 0.2) is 0 Å². The highest BCUT2D eigenvalue weighted by molar-refractivity contribution is 4.73. The van der Waals surface area contributed by atoms with E-state index in [0.717, 1.165) is 38.5 Å². The van der Waals surface area contributed by atoms with Crippen molar-refractivity contribution in [3.05, 3.63) is 0 Å². The Kier molecular flexibility index (Phi) is 10.5. The van der Waals surface area contributed by atoms with E-state index < -0.39 is 0 Å². The minimum Gasteiger partial charge on any atom is -0.396 e. The Hall–Kier alpha value is -0.160. The molecule has 0 heterocycles. The van der Waals surface area contributed by atoms with Gasteiger partial charge in [0, 0.05) is 13.2 Å². The van der Waals surface area contributed by atoms with Crippen LogP contribution in [0.25, 0.3) is 0 Å². The summed E-state index contributed by atoms with van der Waals surface area (Å²) in [6.07, 6.45) is 5.20. The van der Waals surface area contributed by atoms with Crippen LogP contribution in [0.1, 0.15) is 79.1 Å². The van der Waals surface area contributed by atoms with Crippen molar-refractivity contribution in [2.75, 3.05) is 13.2 Å². The van der Waals surface area contributed by atoms with Crippen molar-refractivity contribution in [1.29, 1.82) is 0 Å². The van der Waals surface area contributed by atoms with E-state index in [1.54, 1.807) is 0 Å². The van der Waals surface area contributed by atoms with Gasteiger partial charge in [0.05, 0.1) is 12.2 Å². The Labute approximate surface area is 136 Å². The third-order valence-corrected chi connectivity index (χ3v) is 4.72. The Balaban J connectivity index is 3.88. The van der Waals surface area contributed by atoms with Crippen molar-refractivity contribution >= 4 is 0 Å². The second-order valence-corrected chi connectivity index (χ2v) is 8.24. The van der Waals surface area contributed by atoms with E-state index >= 15 is 0 Å². The summed E-state index contributed by atoms with van der Waals surface area (Å²) < 4.78 is 0. The molecular weight excluding hydrogens is 280 g/mol. The molecule has 0 aromatic heterocycles. The summed E-state index contributed by atoms with van der Waals surface area (Å²) >= 11 is 0. The normalized spacial score (nSPS) is 15.8. The molecule has 0 radical (unpaired) electrons. The Morgan fingerprint density at radius 1 is 0.591 bits per heavy atom. The number of aliphatic hydroxyl groups is 4. The van der Waals surface area contributed by atoms with Crippen molar-refractivity contribution in [2.24, 2.45) is 10.8 Å². The monoisotopic (exact) mass is 318 g/mol. The molecule has 2 atom stereocenters. The number of hydrogen-bond acceptors (Lipinski definition) is 4. The molecule has 4 heteroatoms. The zero-order valence-corrected chi connectivity index (χ0v) is 15.0. The third kappa shape index (κ3) is 11.4. The van der Waals surface area contributed by atoms with Gasteiger partial charge in [0.25, 0.3) is 0 Å². The lowest BCUT2D eigenvalue weighted by molar-refractivity contribution is 0.0827. The van der Waals surface area contributed by atoms with Crippen molar-refractivity contribution < 1.29 is 20.4 Å². The summed E-state index contributed by atoms with van der Waals surface area (Å²) in [5.41, 5.74) is 0.116. The maximum atomic E-state index is 10.0. The van der Waals surface area contributed by atoms with Crippen LogP contribution in [0.5, 0.6) is 0 Å². The van der Waals surface area contributed by atoms with Gasteiger partial charge in [-0.05, 0) is 62.2 Å². The molecule has 0 aromatic carbocycles. The SMILES string of the molecule is CC(C)(CCO)CCC(O)CCC(O)CCC(C)(C)CCO. The Morgan fingerprint density at radius 3 is 1.18 bits per heavy atom. The molecular formula is C18H38O4. The molecule has 0 aliphatic rings. The summed E-state index contributed by atoms with van der Waals surface area (Å²) in [5.74, 6) is 0. The number of rotatable bonds is 13. The topological polar surface area (TPSA) is 80.9 Å². The largest absolute Gasteiger partial charge is 0.396 e. The molecule has 0 aliphatic heterocycles. The van der Waals surface area contributed by atoms with Gasteiger partial charge in [-0.1, -0.05) is 27.7 Å². The molecule has 0 amide bonds. The van der Waals surface area contributed by atoms with Crippen LogP contribution in [0.4, 0.5) is 0 Å². The van der Waals surface area contributed by atoms with Crippen molar-refractivity contribution in [1.82, 2.24) is 0 Å². The van der Waals surface area contributed by atoms with Gasteiger partial charge in [-0.2, -0.15) is 0 Å². The fourth-order valence-electron chi connectivity index (χ4n) is 2.64. The first-order chi connectivity index (χ1) is 10.1. The molecule has 0 fully saturated rings. The summed E-state index contributed by atoms with van der Waals surface area (Å²) in [5, 5.41) is 38.1. The Bertz CT molecular complexity index is 248. The van der Waals surface area contributed by atoms with Crippen LogP contribution >= 0.6 is 0 Å². The lowest BCUT2D eigenvalue weighted by atomic mass is 9.82. The highest BCUT2D eigenvalue weighted by Gasteiger charge is 2.21. The highest BCUT2D eigenvalue weighted by atomic mass is 16.3. The van der Waals surface area contributed by atoms with Gasteiger partial charge in [-0.25, -0.2) is 0 Å². The first-order valence-electron chi connectivity index (χ1n) is 8.70. The summed E-state index contributed by atoms with van der Waals surface area (Å²) in [6, 6.07) is 0. The van der Waals surface area contributed by atoms with Crippen LogP contribution in [0.3, 0.4) is 0 Å². The van der Waals surface area contributed by atoms with Crippen molar-refractivity contribution in [2.45, 2.75) is 91.3 Å². The smallest absolute Gasteiger partial charge is 0.0541 e. The van der Waals surface area contributed by atoms with Crippen LogP contribution in [-0.4, -0.2) is 45.8 Å². The molecule has 2 unspecified atom stereocenters. The van der Waals surface area contributed by atoms with Crippen LogP contribution < -0.4 is 0 Å². The van der Waals surface area contributed by atoms with E-state index in [2.05, 4.69) is 27.7 Å². The van der Waals surface area contributed by atoms with Crippen LogP contribution in [0.15, 0.2) is 0 Å². The minimum absolute atomic E-state index is 0.0582. The van der Waals surface area contributed by atoms with E-state index in [-0.39, 0.29) is 36.3 Å². The first kappa shape index (κ1) is 21.8. The molecule has 0 bridgehead atoms. The van der Waals surface area contributed by atoms with E-state index in [0.29, 0.717) is 12.8 Å². The molecule has 22 heavy (non-hydrogen) atoms. The average molecular weight is 318 g/mol. The molecule has 4 N–H and O–H groups in total. The predicted octanol–water partition coefficient (Wildman–Crippen LogP) is 2.87. The highest BCUT2D eigenvalue weighted by Crippen LogP contribution is 2.29. The molecule has 0 saturated heterocycles. The van der Waals surface area contributed by atoms with E-state index in [4.69, 9.17) is 10.2 Å². The molecule has 0 aliphatic carbocycles. The van der Waals surface area contributed by atoms with E-state index in [1.165, 1.54) is 0 Å². The van der Waals surface area contributed by atoms with Crippen LogP contribution in [-0.2, 0) is 0 Å². The molecule has 0 saturated carbocycles. The lowest BCUT2D eigenvalue weighted by Gasteiger charge is -2.26. The van der Waals surface area contributed by atoms with Crippen LogP contribution in [0.2, 0.25) is 0 Å². The van der Waals surface area contributed by atoms with E-state index in [1.807, 2.05) is 0 Å². The quantitative estimate of drug-likeness (QED) is 0.421. The maximum Gasteiger partial charge on any atom is 0.0541 e. The predicted molar refractivity (Wildman–Crippen MR) is 90.7 cm³/mol. The van der Waals surface area contributed by atoms with Crippen LogP contribution in [0, 0.1) is 10.8 Å². The molecule has 134 valence electrons. The summed E-state index contributed by atoms with van der Waals surface area (Å²) in [4.78, 5) is 0. The summed E-state index contributed by atoms with van der Waals surface area (Å²) in [6.45, 7) is 8.79. The first-order valence-corrected chi connectivity index (χ1v) is 8.70. The second kappa shape index (κ2) is 10.6. The van der Waals surface area contributed by atoms with Crippen molar-refractivity contribution in [3.63, 3.8) is 0 Å². The summed E-state index contributed by atoms with van der Waals surface area (Å²) in [7, 11) is 0. The van der Waals surface area contributed by atoms with Gasteiger partial charge in [-0.15, -0.1) is 0 Å². The fourth-order valence-corrected chi connectivity index (χ4v) is 2.64. The molecule has 4 nitrogen and oxygen atoms in total. The third-order valence-electron chi connectivity index (χ3n) is 4.72. The zero-order valence-electron chi connectivity index (χ0n) is 15.0.